The van der Waals surface area contributed by atoms with E-state index in [1.54, 1.807) is 11.1 Å². The second-order valence-electron chi connectivity index (χ2n) is 5.48. The van der Waals surface area contributed by atoms with Crippen molar-refractivity contribution in [1.82, 2.24) is 0 Å². The monoisotopic (exact) mass is 202 g/mol. The molecule has 0 heteroatoms. The van der Waals surface area contributed by atoms with E-state index in [0.29, 0.717) is 5.41 Å². The van der Waals surface area contributed by atoms with Crippen LogP contribution in [0.25, 0.3) is 0 Å². The number of rotatable bonds is 2. The summed E-state index contributed by atoms with van der Waals surface area (Å²) in [7, 11) is 0. The SMILES string of the molecule is CCCc1ccc2c(c1)CCCC2(C)C. The maximum Gasteiger partial charge on any atom is -0.0101 e. The first kappa shape index (κ1) is 10.7. The smallest absolute Gasteiger partial charge is 0.0101 e. The van der Waals surface area contributed by atoms with Gasteiger partial charge in [0.1, 0.15) is 0 Å². The van der Waals surface area contributed by atoms with E-state index in [-0.39, 0.29) is 0 Å². The highest BCUT2D eigenvalue weighted by Gasteiger charge is 2.26. The van der Waals surface area contributed by atoms with Crippen molar-refractivity contribution in [2.24, 2.45) is 0 Å². The van der Waals surface area contributed by atoms with E-state index in [4.69, 9.17) is 0 Å². The normalized spacial score (nSPS) is 18.6. The van der Waals surface area contributed by atoms with Crippen molar-refractivity contribution in [3.8, 4) is 0 Å². The first-order valence-corrected chi connectivity index (χ1v) is 6.26. The van der Waals surface area contributed by atoms with Gasteiger partial charge >= 0.3 is 0 Å². The van der Waals surface area contributed by atoms with Crippen LogP contribution >= 0.6 is 0 Å². The molecule has 0 spiro atoms. The Morgan fingerprint density at radius 3 is 2.80 bits per heavy atom. The Bertz CT molecular complexity index is 347. The fourth-order valence-electron chi connectivity index (χ4n) is 2.81. The Labute approximate surface area is 93.7 Å². The Balaban J connectivity index is 2.36. The van der Waals surface area contributed by atoms with Gasteiger partial charge in [-0.2, -0.15) is 0 Å². The van der Waals surface area contributed by atoms with E-state index in [9.17, 15) is 0 Å². The largest absolute Gasteiger partial charge is 0.0651 e. The van der Waals surface area contributed by atoms with Gasteiger partial charge in [0.05, 0.1) is 0 Å². The summed E-state index contributed by atoms with van der Waals surface area (Å²) >= 11 is 0. The summed E-state index contributed by atoms with van der Waals surface area (Å²) < 4.78 is 0. The highest BCUT2D eigenvalue weighted by atomic mass is 14.3. The molecular formula is C15H22. The van der Waals surface area contributed by atoms with Crippen LogP contribution in [-0.4, -0.2) is 0 Å². The molecule has 0 aromatic heterocycles. The quantitative estimate of drug-likeness (QED) is 0.672. The molecule has 0 unspecified atom stereocenters. The molecule has 2 rings (SSSR count). The average molecular weight is 202 g/mol. The molecule has 1 aliphatic rings. The lowest BCUT2D eigenvalue weighted by atomic mass is 9.72. The summed E-state index contributed by atoms with van der Waals surface area (Å²) in [6.45, 7) is 7.01. The Morgan fingerprint density at radius 1 is 1.27 bits per heavy atom. The molecule has 0 bridgehead atoms. The van der Waals surface area contributed by atoms with E-state index < -0.39 is 0 Å². The van der Waals surface area contributed by atoms with Crippen LogP contribution in [0.4, 0.5) is 0 Å². The van der Waals surface area contributed by atoms with Gasteiger partial charge in [-0.15, -0.1) is 0 Å². The van der Waals surface area contributed by atoms with E-state index in [1.807, 2.05) is 0 Å². The highest BCUT2D eigenvalue weighted by molar-refractivity contribution is 5.38. The van der Waals surface area contributed by atoms with E-state index in [1.165, 1.54) is 37.7 Å². The molecule has 0 heterocycles. The lowest BCUT2D eigenvalue weighted by molar-refractivity contribution is 0.431. The van der Waals surface area contributed by atoms with E-state index in [2.05, 4.69) is 39.0 Å². The number of hydrogen-bond acceptors (Lipinski definition) is 0. The van der Waals surface area contributed by atoms with Crippen LogP contribution in [0.5, 0.6) is 0 Å². The molecule has 0 radical (unpaired) electrons. The third-order valence-corrected chi connectivity index (χ3v) is 3.69. The molecule has 0 saturated carbocycles. The van der Waals surface area contributed by atoms with Crippen LogP contribution in [0, 0.1) is 0 Å². The second kappa shape index (κ2) is 4.00. The summed E-state index contributed by atoms with van der Waals surface area (Å²) in [6.07, 6.45) is 6.47. The first-order valence-electron chi connectivity index (χ1n) is 6.26. The Morgan fingerprint density at radius 2 is 2.07 bits per heavy atom. The van der Waals surface area contributed by atoms with Crippen molar-refractivity contribution in [1.29, 1.82) is 0 Å². The minimum Gasteiger partial charge on any atom is -0.0651 e. The number of benzene rings is 1. The third-order valence-electron chi connectivity index (χ3n) is 3.69. The van der Waals surface area contributed by atoms with Gasteiger partial charge in [0.2, 0.25) is 0 Å². The lowest BCUT2D eigenvalue weighted by Gasteiger charge is -2.32. The molecule has 0 aliphatic heterocycles. The topological polar surface area (TPSA) is 0 Å². The number of aryl methyl sites for hydroxylation is 2. The Hall–Kier alpha value is -0.780. The molecule has 0 atom stereocenters. The van der Waals surface area contributed by atoms with Gasteiger partial charge in [-0.05, 0) is 47.8 Å². The summed E-state index contributed by atoms with van der Waals surface area (Å²) in [5.41, 5.74) is 5.12. The zero-order valence-corrected chi connectivity index (χ0v) is 10.3. The lowest BCUT2D eigenvalue weighted by Crippen LogP contribution is -2.23. The van der Waals surface area contributed by atoms with Gasteiger partial charge in [0, 0.05) is 0 Å². The summed E-state index contributed by atoms with van der Waals surface area (Å²) in [5, 5.41) is 0. The van der Waals surface area contributed by atoms with Crippen LogP contribution in [-0.2, 0) is 18.3 Å². The molecular weight excluding hydrogens is 180 g/mol. The summed E-state index contributed by atoms with van der Waals surface area (Å²) in [6, 6.07) is 7.15. The van der Waals surface area contributed by atoms with Crippen LogP contribution in [0.2, 0.25) is 0 Å². The zero-order valence-electron chi connectivity index (χ0n) is 10.3. The van der Waals surface area contributed by atoms with Gasteiger partial charge in [0.15, 0.2) is 0 Å². The standard InChI is InChI=1S/C15H22/c1-4-6-12-8-9-14-13(11-12)7-5-10-15(14,2)3/h8-9,11H,4-7,10H2,1-3H3. The maximum atomic E-state index is 2.44. The molecule has 15 heavy (non-hydrogen) atoms. The molecule has 0 fully saturated rings. The van der Waals surface area contributed by atoms with Crippen LogP contribution in [0.3, 0.4) is 0 Å². The molecule has 0 amide bonds. The average Bonchev–Trinajstić information content (AvgIpc) is 2.17. The zero-order chi connectivity index (χ0) is 10.9. The van der Waals surface area contributed by atoms with Gasteiger partial charge in [-0.1, -0.05) is 45.4 Å². The van der Waals surface area contributed by atoms with Crippen LogP contribution in [0.1, 0.15) is 56.7 Å². The summed E-state index contributed by atoms with van der Waals surface area (Å²) in [5.74, 6) is 0. The summed E-state index contributed by atoms with van der Waals surface area (Å²) in [4.78, 5) is 0. The molecule has 82 valence electrons. The van der Waals surface area contributed by atoms with E-state index >= 15 is 0 Å². The predicted molar refractivity (Wildman–Crippen MR) is 66.4 cm³/mol. The van der Waals surface area contributed by atoms with Gasteiger partial charge in [-0.3, -0.25) is 0 Å². The fourth-order valence-corrected chi connectivity index (χ4v) is 2.81. The number of fused-ring (bicyclic) bond motifs is 1. The van der Waals surface area contributed by atoms with Gasteiger partial charge in [0.25, 0.3) is 0 Å². The van der Waals surface area contributed by atoms with Crippen molar-refractivity contribution in [3.63, 3.8) is 0 Å². The molecule has 0 saturated heterocycles. The molecule has 1 aromatic carbocycles. The molecule has 1 aliphatic carbocycles. The van der Waals surface area contributed by atoms with Crippen molar-refractivity contribution < 1.29 is 0 Å². The molecule has 0 nitrogen and oxygen atoms in total. The fraction of sp³-hybridized carbons (Fsp3) is 0.600. The molecule has 0 N–H and O–H groups in total. The maximum absolute atomic E-state index is 2.44. The van der Waals surface area contributed by atoms with Crippen LogP contribution in [0.15, 0.2) is 18.2 Å². The minimum absolute atomic E-state index is 0.401. The van der Waals surface area contributed by atoms with Gasteiger partial charge < -0.3 is 0 Å². The van der Waals surface area contributed by atoms with Crippen molar-refractivity contribution in [3.05, 3.63) is 34.9 Å². The van der Waals surface area contributed by atoms with Crippen molar-refractivity contribution >= 4 is 0 Å². The Kier molecular flexibility index (Phi) is 2.86. The minimum atomic E-state index is 0.401. The van der Waals surface area contributed by atoms with Crippen LogP contribution < -0.4 is 0 Å². The van der Waals surface area contributed by atoms with Crippen molar-refractivity contribution in [2.45, 2.75) is 58.3 Å². The first-order chi connectivity index (χ1) is 7.13. The van der Waals surface area contributed by atoms with Crippen molar-refractivity contribution in [2.75, 3.05) is 0 Å². The third kappa shape index (κ3) is 2.09. The molecule has 1 aromatic rings. The van der Waals surface area contributed by atoms with Gasteiger partial charge in [-0.25, -0.2) is 0 Å². The second-order valence-corrected chi connectivity index (χ2v) is 5.48. The predicted octanol–water partition coefficient (Wildman–Crippen LogP) is 4.25. The highest BCUT2D eigenvalue weighted by Crippen LogP contribution is 2.36. The van der Waals surface area contributed by atoms with E-state index in [0.717, 1.165) is 0 Å². The number of hydrogen-bond donors (Lipinski definition) is 0.